The highest BCUT2D eigenvalue weighted by atomic mass is 31.2. The van der Waals surface area contributed by atoms with E-state index in [1.165, 1.54) is 0 Å². The molecule has 1 rings (SSSR count). The second kappa shape index (κ2) is 6.28. The van der Waals surface area contributed by atoms with Gasteiger partial charge in [-0.2, -0.15) is 0 Å². The van der Waals surface area contributed by atoms with E-state index in [2.05, 4.69) is 0 Å². The molecule has 0 heterocycles. The number of hydrogen-bond acceptors (Lipinski definition) is 2. The van der Waals surface area contributed by atoms with Gasteiger partial charge in [0, 0.05) is 17.6 Å². The largest absolute Gasteiger partial charge is 0.325 e. The molecule has 4 nitrogen and oxygen atoms in total. The molecule has 0 fully saturated rings. The van der Waals surface area contributed by atoms with E-state index in [1.807, 2.05) is 19.1 Å². The van der Waals surface area contributed by atoms with Gasteiger partial charge >= 0.3 is 7.60 Å². The van der Waals surface area contributed by atoms with Gasteiger partial charge in [-0.3, -0.25) is 9.36 Å². The van der Waals surface area contributed by atoms with Crippen LogP contribution in [-0.2, 0) is 4.57 Å². The van der Waals surface area contributed by atoms with Gasteiger partial charge in [-0.1, -0.05) is 36.8 Å². The Morgan fingerprint density at radius 3 is 2.33 bits per heavy atom. The first-order valence-corrected chi connectivity index (χ1v) is 7.75. The van der Waals surface area contributed by atoms with Crippen molar-refractivity contribution >= 4 is 13.4 Å². The van der Waals surface area contributed by atoms with Gasteiger partial charge in [0.1, 0.15) is 0 Å². The molecule has 0 spiro atoms. The van der Waals surface area contributed by atoms with Gasteiger partial charge in [-0.05, 0) is 19.8 Å². The molecule has 5 heteroatoms. The van der Waals surface area contributed by atoms with Crippen LogP contribution in [0.25, 0.3) is 0 Å². The van der Waals surface area contributed by atoms with Crippen LogP contribution in [0.5, 0.6) is 0 Å². The third-order valence-corrected chi connectivity index (χ3v) is 3.77. The summed E-state index contributed by atoms with van der Waals surface area (Å²) in [5, 5.41) is 0. The number of ketones is 1. The number of aryl methyl sites for hydroxylation is 1. The summed E-state index contributed by atoms with van der Waals surface area (Å²) in [6.07, 6.45) is 0.708. The zero-order chi connectivity index (χ0) is 13.8. The molecule has 0 saturated heterocycles. The first kappa shape index (κ1) is 15.1. The number of carbonyl (C=O) groups is 1. The van der Waals surface area contributed by atoms with Gasteiger partial charge in [-0.15, -0.1) is 0 Å². The molecular weight excluding hydrogens is 251 g/mol. The molecule has 1 aromatic rings. The molecule has 0 bridgehead atoms. The van der Waals surface area contributed by atoms with Gasteiger partial charge in [0.25, 0.3) is 0 Å². The van der Waals surface area contributed by atoms with E-state index in [4.69, 9.17) is 9.79 Å². The molecule has 0 radical (unpaired) electrons. The lowest BCUT2D eigenvalue weighted by molar-refractivity contribution is 0.0923. The van der Waals surface area contributed by atoms with Crippen molar-refractivity contribution in [3.05, 3.63) is 35.4 Å². The molecule has 0 aromatic heterocycles. The molecule has 2 N–H and O–H groups in total. The van der Waals surface area contributed by atoms with Crippen LogP contribution in [0.2, 0.25) is 0 Å². The van der Waals surface area contributed by atoms with Crippen molar-refractivity contribution in [3.8, 4) is 0 Å². The number of benzene rings is 1. The Morgan fingerprint density at radius 1 is 1.28 bits per heavy atom. The van der Waals surface area contributed by atoms with Gasteiger partial charge in [0.2, 0.25) is 0 Å². The predicted molar refractivity (Wildman–Crippen MR) is 70.8 cm³/mol. The van der Waals surface area contributed by atoms with E-state index < -0.39 is 7.60 Å². The number of hydrogen-bond donors (Lipinski definition) is 2. The van der Waals surface area contributed by atoms with E-state index in [0.717, 1.165) is 5.56 Å². The van der Waals surface area contributed by atoms with E-state index in [1.54, 1.807) is 19.1 Å². The fourth-order valence-corrected chi connectivity index (χ4v) is 2.33. The summed E-state index contributed by atoms with van der Waals surface area (Å²) in [5.41, 5.74) is 1.75. The Kier molecular flexibility index (Phi) is 5.27. The second-order valence-corrected chi connectivity index (χ2v) is 6.44. The van der Waals surface area contributed by atoms with Crippen molar-refractivity contribution < 1.29 is 19.1 Å². The van der Waals surface area contributed by atoms with E-state index in [9.17, 15) is 9.36 Å². The lowest BCUT2D eigenvalue weighted by atomic mass is 9.95. The maximum absolute atomic E-state index is 12.0. The molecule has 1 unspecified atom stereocenters. The Morgan fingerprint density at radius 2 is 1.83 bits per heavy atom. The summed E-state index contributed by atoms with van der Waals surface area (Å²) in [5.74, 6) is -0.181. The van der Waals surface area contributed by atoms with Crippen LogP contribution in [0.1, 0.15) is 35.7 Å². The summed E-state index contributed by atoms with van der Waals surface area (Å²) >= 11 is 0. The van der Waals surface area contributed by atoms with E-state index in [0.29, 0.717) is 18.4 Å². The molecule has 0 aliphatic rings. The van der Waals surface area contributed by atoms with Crippen LogP contribution in [-0.4, -0.2) is 21.7 Å². The quantitative estimate of drug-likeness (QED) is 0.615. The van der Waals surface area contributed by atoms with Crippen LogP contribution in [0.3, 0.4) is 0 Å². The average Bonchev–Trinajstić information content (AvgIpc) is 2.27. The van der Waals surface area contributed by atoms with Crippen molar-refractivity contribution in [3.63, 3.8) is 0 Å². The van der Waals surface area contributed by atoms with Gasteiger partial charge in [0.05, 0.1) is 0 Å². The molecule has 0 amide bonds. The number of rotatable bonds is 6. The summed E-state index contributed by atoms with van der Waals surface area (Å²) in [6.45, 7) is 3.75. The predicted octanol–water partition coefficient (Wildman–Crippen LogP) is 2.77. The molecule has 0 aliphatic carbocycles. The molecular formula is C13H19O4P. The second-order valence-electron chi connectivity index (χ2n) is 4.66. The SMILES string of the molecule is Cc1ccc(C(=O)C(C)CCCP(=O)(O)O)cc1. The topological polar surface area (TPSA) is 74.6 Å². The highest BCUT2D eigenvalue weighted by molar-refractivity contribution is 7.51. The highest BCUT2D eigenvalue weighted by Gasteiger charge is 2.17. The fourth-order valence-electron chi connectivity index (χ4n) is 1.74. The normalized spacial score (nSPS) is 13.3. The van der Waals surface area contributed by atoms with Crippen LogP contribution in [0, 0.1) is 12.8 Å². The monoisotopic (exact) mass is 270 g/mol. The van der Waals surface area contributed by atoms with Crippen molar-refractivity contribution in [2.75, 3.05) is 6.16 Å². The van der Waals surface area contributed by atoms with Gasteiger partial charge in [0.15, 0.2) is 5.78 Å². The third-order valence-electron chi connectivity index (χ3n) is 2.87. The Bertz CT molecular complexity index is 447. The summed E-state index contributed by atoms with van der Waals surface area (Å²) in [7, 11) is -3.94. The first-order valence-electron chi connectivity index (χ1n) is 5.95. The Labute approximate surface area is 107 Å². The average molecular weight is 270 g/mol. The maximum Gasteiger partial charge on any atom is 0.325 e. The molecule has 100 valence electrons. The maximum atomic E-state index is 12.0. The molecule has 18 heavy (non-hydrogen) atoms. The zero-order valence-electron chi connectivity index (χ0n) is 10.7. The van der Waals surface area contributed by atoms with Crippen molar-refractivity contribution in [2.24, 2.45) is 5.92 Å². The van der Waals surface area contributed by atoms with Crippen LogP contribution < -0.4 is 0 Å². The third kappa shape index (κ3) is 5.13. The van der Waals surface area contributed by atoms with Crippen molar-refractivity contribution in [2.45, 2.75) is 26.7 Å². The van der Waals surface area contributed by atoms with Crippen LogP contribution in [0.15, 0.2) is 24.3 Å². The van der Waals surface area contributed by atoms with Crippen molar-refractivity contribution in [1.82, 2.24) is 0 Å². The summed E-state index contributed by atoms with van der Waals surface area (Å²) < 4.78 is 10.7. The zero-order valence-corrected chi connectivity index (χ0v) is 11.6. The minimum atomic E-state index is -3.94. The number of Topliss-reactive ketones (excluding diaryl/α,β-unsaturated/α-hetero) is 1. The highest BCUT2D eigenvalue weighted by Crippen LogP contribution is 2.35. The summed E-state index contributed by atoms with van der Waals surface area (Å²) in [6, 6.07) is 7.35. The standard InChI is InChI=1S/C13H19O4P/c1-10-5-7-12(8-6-10)13(14)11(2)4-3-9-18(15,16)17/h5-8,11H,3-4,9H2,1-2H3,(H2,15,16,17). The van der Waals surface area contributed by atoms with Gasteiger partial charge < -0.3 is 9.79 Å². The molecule has 1 aromatic carbocycles. The lowest BCUT2D eigenvalue weighted by Crippen LogP contribution is -2.11. The fraction of sp³-hybridized carbons (Fsp3) is 0.462. The first-order chi connectivity index (χ1) is 8.29. The Balaban J connectivity index is 2.51. The molecule has 0 aliphatic heterocycles. The minimum absolute atomic E-state index is 0.0284. The lowest BCUT2D eigenvalue weighted by Gasteiger charge is -2.11. The molecule has 0 saturated carbocycles. The minimum Gasteiger partial charge on any atom is -0.324 e. The van der Waals surface area contributed by atoms with E-state index >= 15 is 0 Å². The summed E-state index contributed by atoms with van der Waals surface area (Å²) in [4.78, 5) is 29.5. The van der Waals surface area contributed by atoms with Crippen molar-refractivity contribution in [1.29, 1.82) is 0 Å². The van der Waals surface area contributed by atoms with E-state index in [-0.39, 0.29) is 17.9 Å². The number of carbonyl (C=O) groups excluding carboxylic acids is 1. The Hall–Kier alpha value is -0.960. The van der Waals surface area contributed by atoms with Crippen LogP contribution in [0.4, 0.5) is 0 Å². The van der Waals surface area contributed by atoms with Crippen LogP contribution >= 0.6 is 7.60 Å². The smallest absolute Gasteiger partial charge is 0.324 e. The molecule has 1 atom stereocenters. The van der Waals surface area contributed by atoms with Gasteiger partial charge in [-0.25, -0.2) is 0 Å².